The van der Waals surface area contributed by atoms with Crippen molar-refractivity contribution >= 4 is 48.2 Å². The summed E-state index contributed by atoms with van der Waals surface area (Å²) in [7, 11) is -8.00. The first kappa shape index (κ1) is 24.8. The average molecular weight is 536 g/mol. The van der Waals surface area contributed by atoms with Gasteiger partial charge in [-0.25, -0.2) is 8.42 Å². The number of hydrogen-bond donors (Lipinski definition) is 0. The molecule has 0 saturated carbocycles. The van der Waals surface area contributed by atoms with Crippen LogP contribution in [0.2, 0.25) is 5.02 Å². The Morgan fingerprint density at radius 1 is 1.03 bits per heavy atom. The molecule has 2 aromatic carbocycles. The van der Waals surface area contributed by atoms with E-state index in [-0.39, 0.29) is 50.9 Å². The lowest BCUT2D eigenvalue weighted by molar-refractivity contribution is -0.146. The number of halogens is 4. The van der Waals surface area contributed by atoms with E-state index in [4.69, 9.17) is 11.6 Å². The van der Waals surface area contributed by atoms with Gasteiger partial charge in [-0.2, -0.15) is 25.7 Å². The van der Waals surface area contributed by atoms with E-state index in [1.54, 1.807) is 0 Å². The van der Waals surface area contributed by atoms with Crippen molar-refractivity contribution in [3.63, 3.8) is 0 Å². The predicted molar refractivity (Wildman–Crippen MR) is 123 cm³/mol. The van der Waals surface area contributed by atoms with Crippen molar-refractivity contribution in [3.8, 4) is 0 Å². The van der Waals surface area contributed by atoms with Crippen LogP contribution in [0.5, 0.6) is 0 Å². The van der Waals surface area contributed by atoms with Gasteiger partial charge in [0.2, 0.25) is 0 Å². The minimum absolute atomic E-state index is 0.0224. The topological polar surface area (TPSA) is 89.3 Å². The van der Waals surface area contributed by atoms with Gasteiger partial charge in [0, 0.05) is 6.54 Å². The van der Waals surface area contributed by atoms with Crippen molar-refractivity contribution in [3.05, 3.63) is 47.5 Å². The van der Waals surface area contributed by atoms with Gasteiger partial charge in [0.1, 0.15) is 6.04 Å². The summed E-state index contributed by atoms with van der Waals surface area (Å²) in [6.07, 6.45) is -4.40. The maximum Gasteiger partial charge on any atom is 0.408 e. The van der Waals surface area contributed by atoms with E-state index in [1.807, 2.05) is 0 Å². The van der Waals surface area contributed by atoms with E-state index in [0.29, 0.717) is 4.09 Å². The fourth-order valence-corrected chi connectivity index (χ4v) is 6.59. The molecule has 0 unspecified atom stereocenters. The average Bonchev–Trinajstić information content (AvgIpc) is 3.39. The molecule has 7 nitrogen and oxygen atoms in total. The molecule has 1 aliphatic heterocycles. The molecule has 34 heavy (non-hydrogen) atoms. The van der Waals surface area contributed by atoms with Crippen LogP contribution in [0.25, 0.3) is 10.9 Å². The highest BCUT2D eigenvalue weighted by Gasteiger charge is 2.47. The smallest absolute Gasteiger partial charge is 0.342 e. The molecule has 0 amide bonds. The number of benzene rings is 2. The number of nitrogens with zero attached hydrogens (tertiary/aromatic N) is 3. The van der Waals surface area contributed by atoms with Gasteiger partial charge in [-0.1, -0.05) is 17.7 Å². The van der Waals surface area contributed by atoms with Crippen LogP contribution in [-0.4, -0.2) is 50.0 Å². The van der Waals surface area contributed by atoms with Crippen molar-refractivity contribution in [2.45, 2.75) is 53.9 Å². The van der Waals surface area contributed by atoms with E-state index in [0.717, 1.165) is 17.0 Å². The highest BCUT2D eigenvalue weighted by atomic mass is 35.5. The lowest BCUT2D eigenvalue weighted by atomic mass is 10.2. The molecular weight excluding hydrogens is 515 g/mol. The Morgan fingerprint density at radius 2 is 1.65 bits per heavy atom. The Bertz CT molecular complexity index is 1450. The Kier molecular flexibility index (Phi) is 6.14. The monoisotopic (exact) mass is 535 g/mol. The molecule has 0 aliphatic carbocycles. The quantitative estimate of drug-likeness (QED) is 0.473. The zero-order valence-electron chi connectivity index (χ0n) is 18.1. The third-order valence-corrected chi connectivity index (χ3v) is 9.89. The van der Waals surface area contributed by atoms with Crippen molar-refractivity contribution in [2.24, 2.45) is 0 Å². The minimum atomic E-state index is -4.52. The molecule has 0 radical (unpaired) electrons. The highest BCUT2D eigenvalue weighted by Crippen LogP contribution is 2.41. The summed E-state index contributed by atoms with van der Waals surface area (Å²) in [6.45, 7) is 3.06. The number of alkyl halides is 3. The second-order valence-electron chi connectivity index (χ2n) is 8.26. The van der Waals surface area contributed by atoms with Crippen molar-refractivity contribution in [1.82, 2.24) is 9.19 Å². The fraction of sp³-hybridized carbons (Fsp3) is 0.381. The molecule has 0 N–H and O–H groups in total. The van der Waals surface area contributed by atoms with Crippen molar-refractivity contribution in [1.29, 1.82) is 0 Å². The summed E-state index contributed by atoms with van der Waals surface area (Å²) in [5.74, 6) is -0.164. The summed E-state index contributed by atoms with van der Waals surface area (Å²) < 4.78 is 93.1. The second-order valence-corrected chi connectivity index (χ2v) is 12.9. The Hall–Kier alpha value is -2.31. The van der Waals surface area contributed by atoms with E-state index >= 15 is 0 Å². The molecule has 2 heterocycles. The van der Waals surface area contributed by atoms with E-state index in [2.05, 4.69) is 5.10 Å². The van der Waals surface area contributed by atoms with Crippen molar-refractivity contribution < 1.29 is 30.0 Å². The van der Waals surface area contributed by atoms with Gasteiger partial charge in [0.15, 0.2) is 15.7 Å². The van der Waals surface area contributed by atoms with Crippen LogP contribution in [0.4, 0.5) is 19.0 Å². The van der Waals surface area contributed by atoms with Crippen molar-refractivity contribution in [2.75, 3.05) is 11.4 Å². The molecule has 1 aliphatic rings. The van der Waals surface area contributed by atoms with Gasteiger partial charge >= 0.3 is 6.18 Å². The van der Waals surface area contributed by atoms with Crippen LogP contribution < -0.4 is 4.90 Å². The predicted octanol–water partition coefficient (Wildman–Crippen LogP) is 4.64. The van der Waals surface area contributed by atoms with Gasteiger partial charge in [0.25, 0.3) is 10.0 Å². The number of fused-ring (bicyclic) bond motifs is 1. The minimum Gasteiger partial charge on any atom is -0.342 e. The van der Waals surface area contributed by atoms with Crippen LogP contribution in [0.3, 0.4) is 0 Å². The number of anilines is 1. The molecule has 0 bridgehead atoms. The largest absolute Gasteiger partial charge is 0.408 e. The Balaban J connectivity index is 1.86. The summed E-state index contributed by atoms with van der Waals surface area (Å²) in [4.78, 5) is 0.735. The Morgan fingerprint density at radius 3 is 2.24 bits per heavy atom. The standard InChI is InChI=1S/C21H21ClF3N3O4S2/c1-13(2)33(29,30)14-8-10-15(11-9-14)34(31,32)28-17-6-3-5-16(22)19(17)20(26-28)27-12-4-7-18(27)21(23,24)25/h3,5-6,8-11,13,18H,4,7,12H2,1-2H3/t18-/m1/s1. The first-order valence-corrected chi connectivity index (χ1v) is 13.7. The summed E-state index contributed by atoms with van der Waals surface area (Å²) in [5.41, 5.74) is 0.0224. The summed E-state index contributed by atoms with van der Waals surface area (Å²) in [6, 6.07) is 7.17. The lowest BCUT2D eigenvalue weighted by Gasteiger charge is -2.26. The van der Waals surface area contributed by atoms with Crippen LogP contribution in [0.1, 0.15) is 26.7 Å². The first-order valence-electron chi connectivity index (χ1n) is 10.4. The molecule has 1 aromatic heterocycles. The number of aromatic nitrogens is 2. The van der Waals surface area contributed by atoms with Crippen LogP contribution in [0, 0.1) is 0 Å². The fourth-order valence-electron chi connectivity index (χ4n) is 4.00. The van der Waals surface area contributed by atoms with Gasteiger partial charge in [0.05, 0.1) is 31.0 Å². The normalized spacial score (nSPS) is 17.7. The van der Waals surface area contributed by atoms with Gasteiger partial charge in [-0.15, -0.1) is 5.10 Å². The van der Waals surface area contributed by atoms with E-state index < -0.39 is 37.3 Å². The molecular formula is C21H21ClF3N3O4S2. The van der Waals surface area contributed by atoms with Crippen LogP contribution >= 0.6 is 11.6 Å². The molecule has 184 valence electrons. The van der Waals surface area contributed by atoms with E-state index in [1.165, 1.54) is 44.2 Å². The van der Waals surface area contributed by atoms with Gasteiger partial charge in [-0.05, 0) is 63.1 Å². The molecule has 1 fully saturated rings. The molecule has 3 aromatic rings. The maximum atomic E-state index is 13.6. The lowest BCUT2D eigenvalue weighted by Crippen LogP contribution is -2.41. The zero-order valence-corrected chi connectivity index (χ0v) is 20.5. The molecule has 1 saturated heterocycles. The summed E-state index contributed by atoms with van der Waals surface area (Å²) in [5, 5.41) is 3.57. The number of sulfone groups is 1. The second kappa shape index (κ2) is 8.42. The first-order chi connectivity index (χ1) is 15.8. The van der Waals surface area contributed by atoms with Gasteiger partial charge in [-0.3, -0.25) is 0 Å². The van der Waals surface area contributed by atoms with Crippen LogP contribution in [0.15, 0.2) is 52.3 Å². The molecule has 13 heteroatoms. The maximum absolute atomic E-state index is 13.6. The van der Waals surface area contributed by atoms with Crippen LogP contribution in [-0.2, 0) is 19.9 Å². The molecule has 4 rings (SSSR count). The third-order valence-electron chi connectivity index (χ3n) is 5.81. The molecule has 0 spiro atoms. The molecule has 1 atom stereocenters. The number of rotatable bonds is 5. The summed E-state index contributed by atoms with van der Waals surface area (Å²) >= 11 is 6.29. The van der Waals surface area contributed by atoms with Gasteiger partial charge < -0.3 is 4.90 Å². The van der Waals surface area contributed by atoms with E-state index in [9.17, 15) is 30.0 Å². The highest BCUT2D eigenvalue weighted by molar-refractivity contribution is 7.92. The zero-order chi connectivity index (χ0) is 25.1. The third kappa shape index (κ3) is 4.05. The SMILES string of the molecule is CC(C)S(=O)(=O)c1ccc(S(=O)(=O)n2nc(N3CCC[C@@H]3C(F)(F)F)c3c(Cl)cccc32)cc1. The number of hydrogen-bond acceptors (Lipinski definition) is 6. The Labute approximate surface area is 200 Å².